The largest absolute Gasteiger partial charge is 0.492 e. The first-order valence-corrected chi connectivity index (χ1v) is 11.1. The molecule has 1 N–H and O–H groups in total. The van der Waals surface area contributed by atoms with Gasteiger partial charge >= 0.3 is 0 Å². The van der Waals surface area contributed by atoms with Crippen molar-refractivity contribution >= 4 is 11.6 Å². The summed E-state index contributed by atoms with van der Waals surface area (Å²) in [6.07, 6.45) is 4.64. The molecule has 0 atom stereocenters. The van der Waals surface area contributed by atoms with Crippen LogP contribution in [0, 0.1) is 5.82 Å². The Bertz CT molecular complexity index is 986. The average molecular weight is 460 g/mol. The molecular weight excluding hydrogens is 433 g/mol. The molecule has 0 saturated carbocycles. The summed E-state index contributed by atoms with van der Waals surface area (Å²) in [6, 6.07) is 13.9. The Morgan fingerprint density at radius 3 is 2.31 bits per heavy atom. The number of hydrogen-bond donors (Lipinski definition) is 1. The van der Waals surface area contributed by atoms with E-state index >= 15 is 0 Å². The smallest absolute Gasteiger partial charge is 0.123 e. The van der Waals surface area contributed by atoms with Gasteiger partial charge in [0.2, 0.25) is 0 Å². The van der Waals surface area contributed by atoms with Crippen molar-refractivity contribution in [3.8, 4) is 11.5 Å². The number of ether oxygens (including phenoxy) is 2. The molecule has 0 bridgehead atoms. The van der Waals surface area contributed by atoms with E-state index in [0.717, 1.165) is 25.4 Å². The van der Waals surface area contributed by atoms with Gasteiger partial charge in [0, 0.05) is 25.8 Å². The van der Waals surface area contributed by atoms with Crippen LogP contribution in [-0.4, -0.2) is 51.7 Å². The lowest BCUT2D eigenvalue weighted by atomic mass is 9.92. The number of hydrogen-bond acceptors (Lipinski definition) is 5. The second kappa shape index (κ2) is 10.3. The molecule has 32 heavy (non-hydrogen) atoms. The fraction of sp³-hybridized carbons (Fsp3) is 0.375. The van der Waals surface area contributed by atoms with E-state index in [1.165, 1.54) is 17.7 Å². The third kappa shape index (κ3) is 6.45. The second-order valence-electron chi connectivity index (χ2n) is 8.16. The quantitative estimate of drug-likeness (QED) is 0.520. The fourth-order valence-electron chi connectivity index (χ4n) is 3.69. The van der Waals surface area contributed by atoms with Crippen molar-refractivity contribution in [1.29, 1.82) is 0 Å². The van der Waals surface area contributed by atoms with Gasteiger partial charge in [-0.15, -0.1) is 0 Å². The summed E-state index contributed by atoms with van der Waals surface area (Å²) < 4.78 is 26.2. The van der Waals surface area contributed by atoms with Crippen LogP contribution in [-0.2, 0) is 13.1 Å². The van der Waals surface area contributed by atoms with Gasteiger partial charge in [-0.3, -0.25) is 9.58 Å². The first kappa shape index (κ1) is 22.6. The number of nitrogens with zero attached hydrogens (tertiary/aromatic N) is 3. The number of piperidine rings is 1. The summed E-state index contributed by atoms with van der Waals surface area (Å²) in [4.78, 5) is 2.32. The Labute approximate surface area is 192 Å². The molecular formula is C24H27ClFN3O3. The van der Waals surface area contributed by atoms with Gasteiger partial charge in [-0.1, -0.05) is 23.7 Å². The van der Waals surface area contributed by atoms with E-state index in [4.69, 9.17) is 21.1 Å². The van der Waals surface area contributed by atoms with Crippen LogP contribution in [0.15, 0.2) is 60.9 Å². The van der Waals surface area contributed by atoms with Crippen molar-refractivity contribution in [3.63, 3.8) is 0 Å². The second-order valence-corrected chi connectivity index (χ2v) is 8.59. The molecule has 6 nitrogen and oxygen atoms in total. The van der Waals surface area contributed by atoms with E-state index in [9.17, 15) is 9.50 Å². The molecule has 170 valence electrons. The van der Waals surface area contributed by atoms with Crippen molar-refractivity contribution in [2.24, 2.45) is 0 Å². The summed E-state index contributed by atoms with van der Waals surface area (Å²) in [5.74, 6) is 1.08. The molecule has 1 aliphatic heterocycles. The van der Waals surface area contributed by atoms with E-state index in [-0.39, 0.29) is 12.4 Å². The molecule has 0 spiro atoms. The molecule has 1 saturated heterocycles. The first-order valence-electron chi connectivity index (χ1n) is 10.7. The molecule has 2 heterocycles. The summed E-state index contributed by atoms with van der Waals surface area (Å²) in [7, 11) is 0. The van der Waals surface area contributed by atoms with Gasteiger partial charge in [-0.25, -0.2) is 4.39 Å². The fourth-order valence-corrected chi connectivity index (χ4v) is 3.84. The van der Waals surface area contributed by atoms with Gasteiger partial charge in [0.1, 0.15) is 36.1 Å². The lowest BCUT2D eigenvalue weighted by Crippen LogP contribution is -2.47. The van der Waals surface area contributed by atoms with Gasteiger partial charge in [0.05, 0.1) is 17.8 Å². The molecule has 0 radical (unpaired) electrons. The van der Waals surface area contributed by atoms with Crippen LogP contribution in [0.4, 0.5) is 4.39 Å². The molecule has 2 aromatic carbocycles. The van der Waals surface area contributed by atoms with Gasteiger partial charge in [-0.05, 0) is 54.8 Å². The predicted octanol–water partition coefficient (Wildman–Crippen LogP) is 4.16. The van der Waals surface area contributed by atoms with Crippen molar-refractivity contribution in [2.75, 3.05) is 26.3 Å². The Morgan fingerprint density at radius 2 is 1.66 bits per heavy atom. The zero-order valence-corrected chi connectivity index (χ0v) is 18.5. The van der Waals surface area contributed by atoms with Crippen LogP contribution < -0.4 is 9.47 Å². The minimum absolute atomic E-state index is 0.212. The number of benzene rings is 2. The van der Waals surface area contributed by atoms with Crippen LogP contribution in [0.25, 0.3) is 0 Å². The summed E-state index contributed by atoms with van der Waals surface area (Å²) in [5, 5.41) is 15.6. The Balaban J connectivity index is 1.18. The lowest BCUT2D eigenvalue weighted by Gasteiger charge is -2.38. The molecule has 8 heteroatoms. The van der Waals surface area contributed by atoms with Gasteiger partial charge in [-0.2, -0.15) is 5.10 Å². The maximum Gasteiger partial charge on any atom is 0.123 e. The Kier molecular flexibility index (Phi) is 7.29. The summed E-state index contributed by atoms with van der Waals surface area (Å²) in [6.45, 7) is 3.75. The van der Waals surface area contributed by atoms with Crippen molar-refractivity contribution in [2.45, 2.75) is 31.5 Å². The van der Waals surface area contributed by atoms with Gasteiger partial charge in [0.15, 0.2) is 0 Å². The summed E-state index contributed by atoms with van der Waals surface area (Å²) in [5.41, 5.74) is 0.339. The van der Waals surface area contributed by atoms with E-state index in [0.29, 0.717) is 36.8 Å². The zero-order chi connectivity index (χ0) is 22.4. The lowest BCUT2D eigenvalue weighted by molar-refractivity contribution is -0.0537. The number of likely N-dealkylation sites (tertiary alicyclic amines) is 1. The molecule has 0 aliphatic carbocycles. The molecule has 1 fully saturated rings. The van der Waals surface area contributed by atoms with Crippen LogP contribution >= 0.6 is 11.6 Å². The first-order chi connectivity index (χ1) is 15.5. The highest BCUT2D eigenvalue weighted by Crippen LogP contribution is 2.25. The molecule has 1 aliphatic rings. The van der Waals surface area contributed by atoms with Crippen molar-refractivity contribution in [3.05, 3.63) is 77.3 Å². The molecule has 1 aromatic heterocycles. The highest BCUT2D eigenvalue weighted by molar-refractivity contribution is 6.30. The van der Waals surface area contributed by atoms with E-state index in [1.807, 2.05) is 12.1 Å². The standard InChI is InChI=1S/C24H27ClFN3O3/c25-20-15-27-29(17-20)13-14-31-22-5-1-19(2-6-22)16-28-11-9-24(30,10-12-28)18-32-23-7-3-21(26)4-8-23/h1-8,15,17,30H,9-14,16,18H2. The van der Waals surface area contributed by atoms with E-state index in [1.54, 1.807) is 29.2 Å². The number of aromatic nitrogens is 2. The summed E-state index contributed by atoms with van der Waals surface area (Å²) >= 11 is 5.86. The van der Waals surface area contributed by atoms with Crippen LogP contribution in [0.1, 0.15) is 18.4 Å². The SMILES string of the molecule is OC1(COc2ccc(F)cc2)CCN(Cc2ccc(OCCn3cc(Cl)cn3)cc2)CC1. The Morgan fingerprint density at radius 1 is 1.00 bits per heavy atom. The van der Waals surface area contributed by atoms with E-state index < -0.39 is 5.60 Å². The highest BCUT2D eigenvalue weighted by atomic mass is 35.5. The zero-order valence-electron chi connectivity index (χ0n) is 17.8. The van der Waals surface area contributed by atoms with Crippen molar-refractivity contribution < 1.29 is 19.0 Å². The van der Waals surface area contributed by atoms with E-state index in [2.05, 4.69) is 22.1 Å². The number of aliphatic hydroxyl groups is 1. The van der Waals surface area contributed by atoms with Crippen molar-refractivity contribution in [1.82, 2.24) is 14.7 Å². The van der Waals surface area contributed by atoms with Crippen LogP contribution in [0.2, 0.25) is 5.02 Å². The van der Waals surface area contributed by atoms with Crippen LogP contribution in [0.3, 0.4) is 0 Å². The maximum atomic E-state index is 13.0. The maximum absolute atomic E-state index is 13.0. The van der Waals surface area contributed by atoms with Gasteiger partial charge < -0.3 is 14.6 Å². The molecule has 4 rings (SSSR count). The van der Waals surface area contributed by atoms with Gasteiger partial charge in [0.25, 0.3) is 0 Å². The molecule has 3 aromatic rings. The topological polar surface area (TPSA) is 59.8 Å². The Hall–Kier alpha value is -2.61. The van der Waals surface area contributed by atoms with Crippen LogP contribution in [0.5, 0.6) is 11.5 Å². The average Bonchev–Trinajstić information content (AvgIpc) is 3.21. The number of rotatable bonds is 9. The minimum Gasteiger partial charge on any atom is -0.492 e. The number of halogens is 2. The highest BCUT2D eigenvalue weighted by Gasteiger charge is 2.33. The predicted molar refractivity (Wildman–Crippen MR) is 121 cm³/mol. The third-order valence-electron chi connectivity index (χ3n) is 5.63. The monoisotopic (exact) mass is 459 g/mol. The molecule has 0 amide bonds. The minimum atomic E-state index is -0.860. The normalized spacial score (nSPS) is 16.1. The molecule has 0 unspecified atom stereocenters. The third-order valence-corrected chi connectivity index (χ3v) is 5.82.